The van der Waals surface area contributed by atoms with Crippen molar-refractivity contribution in [1.29, 1.82) is 0 Å². The molecular weight excluding hydrogens is 392 g/mol. The molecule has 0 saturated carbocycles. The Kier molecular flexibility index (Phi) is 5.35. The Morgan fingerprint density at radius 2 is 1.97 bits per heavy atom. The van der Waals surface area contributed by atoms with Crippen LogP contribution in [0.25, 0.3) is 5.65 Å². The summed E-state index contributed by atoms with van der Waals surface area (Å²) in [5, 5.41) is 7.68. The Balaban J connectivity index is 1.33. The summed E-state index contributed by atoms with van der Waals surface area (Å²) in [7, 11) is 0. The first-order chi connectivity index (χ1) is 14.0. The molecule has 9 heteroatoms. The molecule has 1 fully saturated rings. The summed E-state index contributed by atoms with van der Waals surface area (Å²) in [6.07, 6.45) is 3.34. The van der Waals surface area contributed by atoms with Gasteiger partial charge in [-0.2, -0.15) is 5.10 Å². The van der Waals surface area contributed by atoms with Crippen molar-refractivity contribution in [2.45, 2.75) is 6.92 Å². The van der Waals surface area contributed by atoms with Crippen LogP contribution in [-0.4, -0.2) is 64.0 Å². The first kappa shape index (κ1) is 19.2. The van der Waals surface area contributed by atoms with E-state index in [4.69, 9.17) is 11.6 Å². The lowest BCUT2D eigenvalue weighted by Crippen LogP contribution is -2.51. The number of nitrogens with one attached hydrogen (secondary N) is 1. The zero-order valence-corrected chi connectivity index (χ0v) is 16.8. The van der Waals surface area contributed by atoms with Gasteiger partial charge in [-0.1, -0.05) is 17.7 Å². The molecule has 4 rings (SSSR count). The second-order valence-corrected chi connectivity index (χ2v) is 7.32. The summed E-state index contributed by atoms with van der Waals surface area (Å²) in [6, 6.07) is 9.44. The topological polar surface area (TPSA) is 82.8 Å². The number of anilines is 1. The van der Waals surface area contributed by atoms with Crippen molar-refractivity contribution < 1.29 is 9.59 Å². The number of carbonyl (C=O) groups is 2. The van der Waals surface area contributed by atoms with Crippen molar-refractivity contribution in [3.05, 3.63) is 59.0 Å². The van der Waals surface area contributed by atoms with Gasteiger partial charge >= 0.3 is 0 Å². The van der Waals surface area contributed by atoms with Crippen LogP contribution >= 0.6 is 11.6 Å². The number of fused-ring (bicyclic) bond motifs is 1. The van der Waals surface area contributed by atoms with Crippen LogP contribution in [0, 0.1) is 6.92 Å². The molecule has 0 atom stereocenters. The lowest BCUT2D eigenvalue weighted by Gasteiger charge is -2.36. The van der Waals surface area contributed by atoms with Crippen molar-refractivity contribution in [2.24, 2.45) is 0 Å². The fourth-order valence-electron chi connectivity index (χ4n) is 3.51. The number of rotatable bonds is 4. The lowest BCUT2D eigenvalue weighted by molar-refractivity contribution is -0.130. The average Bonchev–Trinajstić information content (AvgIpc) is 3.07. The van der Waals surface area contributed by atoms with E-state index >= 15 is 0 Å². The minimum absolute atomic E-state index is 0.0559. The van der Waals surface area contributed by atoms with Crippen molar-refractivity contribution in [3.63, 3.8) is 0 Å². The van der Waals surface area contributed by atoms with Crippen molar-refractivity contribution in [2.75, 3.05) is 37.6 Å². The smallest absolute Gasteiger partial charge is 0.257 e. The highest BCUT2D eigenvalue weighted by Gasteiger charge is 2.23. The fourth-order valence-corrected chi connectivity index (χ4v) is 3.69. The van der Waals surface area contributed by atoms with E-state index in [0.717, 1.165) is 18.8 Å². The molecule has 29 heavy (non-hydrogen) atoms. The number of hydrogen-bond donors (Lipinski definition) is 1. The Hall–Kier alpha value is -3.13. The number of halogens is 1. The van der Waals surface area contributed by atoms with E-state index < -0.39 is 0 Å². The van der Waals surface area contributed by atoms with Crippen LogP contribution in [-0.2, 0) is 4.79 Å². The first-order valence-corrected chi connectivity index (χ1v) is 9.77. The molecule has 1 aromatic carbocycles. The van der Waals surface area contributed by atoms with E-state index in [2.05, 4.69) is 20.3 Å². The van der Waals surface area contributed by atoms with Crippen molar-refractivity contribution >= 4 is 34.7 Å². The number of carbonyl (C=O) groups excluding carboxylic acids is 2. The minimum atomic E-state index is -0.345. The molecule has 2 aromatic heterocycles. The lowest BCUT2D eigenvalue weighted by atomic mass is 10.2. The Morgan fingerprint density at radius 1 is 1.17 bits per heavy atom. The summed E-state index contributed by atoms with van der Waals surface area (Å²) in [4.78, 5) is 33.3. The van der Waals surface area contributed by atoms with Gasteiger partial charge in [0, 0.05) is 49.3 Å². The van der Waals surface area contributed by atoms with Gasteiger partial charge in [0.25, 0.3) is 5.91 Å². The molecule has 0 aliphatic carbocycles. The van der Waals surface area contributed by atoms with Crippen LogP contribution in [0.15, 0.2) is 42.7 Å². The normalized spacial score (nSPS) is 14.3. The van der Waals surface area contributed by atoms with Gasteiger partial charge in [0.05, 0.1) is 12.2 Å². The highest BCUT2D eigenvalue weighted by Crippen LogP contribution is 2.20. The molecular formula is C20H21ClN6O2. The maximum Gasteiger partial charge on any atom is 0.257 e. The molecule has 1 aliphatic rings. The summed E-state index contributed by atoms with van der Waals surface area (Å²) >= 11 is 6.06. The fraction of sp³-hybridized carbons (Fsp3) is 0.300. The first-order valence-electron chi connectivity index (χ1n) is 9.39. The van der Waals surface area contributed by atoms with E-state index in [9.17, 15) is 9.59 Å². The Labute approximate surface area is 173 Å². The van der Waals surface area contributed by atoms with E-state index in [1.807, 2.05) is 24.3 Å². The standard InChI is InChI=1S/C20H21ClN6O2/c1-14-18(19-22-6-3-7-27(19)24-14)20(29)23-13-17(28)26-10-8-25(9-11-26)16-5-2-4-15(21)12-16/h2-7,12H,8-11,13H2,1H3,(H,23,29). The van der Waals surface area contributed by atoms with Gasteiger partial charge in [-0.15, -0.1) is 0 Å². The molecule has 0 bridgehead atoms. The van der Waals surface area contributed by atoms with Gasteiger partial charge < -0.3 is 15.1 Å². The molecule has 0 unspecified atom stereocenters. The predicted octanol–water partition coefficient (Wildman–Crippen LogP) is 1.77. The second kappa shape index (κ2) is 8.08. The molecule has 1 saturated heterocycles. The van der Waals surface area contributed by atoms with Gasteiger partial charge in [-0.05, 0) is 31.2 Å². The predicted molar refractivity (Wildman–Crippen MR) is 110 cm³/mol. The van der Waals surface area contributed by atoms with Crippen LogP contribution in [0.4, 0.5) is 5.69 Å². The minimum Gasteiger partial charge on any atom is -0.368 e. The average molecular weight is 413 g/mol. The van der Waals surface area contributed by atoms with Crippen LogP contribution in [0.2, 0.25) is 5.02 Å². The second-order valence-electron chi connectivity index (χ2n) is 6.88. The largest absolute Gasteiger partial charge is 0.368 e. The van der Waals surface area contributed by atoms with Crippen molar-refractivity contribution in [3.8, 4) is 0 Å². The third kappa shape index (κ3) is 4.02. The summed E-state index contributed by atoms with van der Waals surface area (Å²) in [5.41, 5.74) is 2.49. The van der Waals surface area contributed by atoms with Gasteiger partial charge in [-0.3, -0.25) is 9.59 Å². The number of aryl methyl sites for hydroxylation is 1. The van der Waals surface area contributed by atoms with Crippen LogP contribution in [0.5, 0.6) is 0 Å². The molecule has 0 radical (unpaired) electrons. The van der Waals surface area contributed by atoms with E-state index in [0.29, 0.717) is 35.0 Å². The number of nitrogens with zero attached hydrogens (tertiary/aromatic N) is 5. The molecule has 0 spiro atoms. The molecule has 3 aromatic rings. The van der Waals surface area contributed by atoms with Gasteiger partial charge in [-0.25, -0.2) is 9.50 Å². The quantitative estimate of drug-likeness (QED) is 0.706. The van der Waals surface area contributed by atoms with E-state index in [1.54, 1.807) is 34.8 Å². The number of benzene rings is 1. The van der Waals surface area contributed by atoms with Gasteiger partial charge in [0.1, 0.15) is 5.56 Å². The van der Waals surface area contributed by atoms with Gasteiger partial charge in [0.15, 0.2) is 5.65 Å². The third-order valence-corrected chi connectivity index (χ3v) is 5.24. The number of hydrogen-bond acceptors (Lipinski definition) is 5. The SMILES string of the molecule is Cc1nn2cccnc2c1C(=O)NCC(=O)N1CCN(c2cccc(Cl)c2)CC1. The van der Waals surface area contributed by atoms with Crippen LogP contribution < -0.4 is 10.2 Å². The van der Waals surface area contributed by atoms with Gasteiger partial charge in [0.2, 0.25) is 5.91 Å². The molecule has 8 nitrogen and oxygen atoms in total. The van der Waals surface area contributed by atoms with E-state index in [-0.39, 0.29) is 18.4 Å². The maximum atomic E-state index is 12.6. The third-order valence-electron chi connectivity index (χ3n) is 5.00. The Morgan fingerprint density at radius 3 is 2.72 bits per heavy atom. The van der Waals surface area contributed by atoms with Crippen LogP contribution in [0.3, 0.4) is 0 Å². The number of aromatic nitrogens is 3. The molecule has 1 N–H and O–H groups in total. The van der Waals surface area contributed by atoms with Crippen LogP contribution in [0.1, 0.15) is 16.1 Å². The summed E-state index contributed by atoms with van der Waals surface area (Å²) in [6.45, 7) is 4.32. The molecule has 150 valence electrons. The van der Waals surface area contributed by atoms with Crippen molar-refractivity contribution in [1.82, 2.24) is 24.8 Å². The zero-order chi connectivity index (χ0) is 20.4. The molecule has 3 heterocycles. The molecule has 1 aliphatic heterocycles. The zero-order valence-electron chi connectivity index (χ0n) is 16.0. The summed E-state index contributed by atoms with van der Waals surface area (Å²) in [5.74, 6) is -0.451. The summed E-state index contributed by atoms with van der Waals surface area (Å²) < 4.78 is 1.56. The maximum absolute atomic E-state index is 12.6. The number of piperazine rings is 1. The highest BCUT2D eigenvalue weighted by atomic mass is 35.5. The Bertz CT molecular complexity index is 1060. The van der Waals surface area contributed by atoms with E-state index in [1.165, 1.54) is 0 Å². The number of amides is 2. The molecule has 2 amide bonds. The highest BCUT2D eigenvalue weighted by molar-refractivity contribution is 6.30. The monoisotopic (exact) mass is 412 g/mol.